The molecule has 2 aromatic rings. The second-order valence-corrected chi connectivity index (χ2v) is 2.52. The van der Waals surface area contributed by atoms with E-state index in [1.807, 2.05) is 0 Å². The van der Waals surface area contributed by atoms with Crippen molar-refractivity contribution >= 4 is 11.0 Å². The number of phenolic OH excluding ortho intramolecular Hbond substituents is 1. The highest BCUT2D eigenvalue weighted by Crippen LogP contribution is 2.31. The fourth-order valence-corrected chi connectivity index (χ4v) is 1.12. The van der Waals surface area contributed by atoms with Crippen LogP contribution in [-0.2, 0) is 0 Å². The molecule has 1 N–H and O–H groups in total. The van der Waals surface area contributed by atoms with Crippen LogP contribution >= 0.6 is 0 Å². The number of phenols is 1. The number of aromatic hydroxyl groups is 1. The highest BCUT2D eigenvalue weighted by Gasteiger charge is 2.18. The fourth-order valence-electron chi connectivity index (χ4n) is 1.12. The largest absolute Gasteiger partial charge is 0.504 e. The molecule has 3 nitrogen and oxygen atoms in total. The third kappa shape index (κ3) is 1.12. The van der Waals surface area contributed by atoms with E-state index in [1.54, 1.807) is 0 Å². The summed E-state index contributed by atoms with van der Waals surface area (Å²) >= 11 is 0. The molecule has 1 aromatic heterocycles. The summed E-state index contributed by atoms with van der Waals surface area (Å²) in [6.07, 6.45) is -2.69. The maximum absolute atomic E-state index is 12.3. The summed E-state index contributed by atoms with van der Waals surface area (Å²) in [5.74, 6) is -0.183. The molecule has 1 aromatic carbocycles. The number of benzene rings is 1. The molecule has 0 aliphatic carbocycles. The first-order valence-corrected chi connectivity index (χ1v) is 3.55. The van der Waals surface area contributed by atoms with E-state index in [9.17, 15) is 13.9 Å². The third-order valence-corrected chi connectivity index (χ3v) is 1.71. The van der Waals surface area contributed by atoms with Crippen molar-refractivity contribution in [2.75, 3.05) is 0 Å². The number of hydrogen-bond donors (Lipinski definition) is 1. The lowest BCUT2D eigenvalue weighted by Gasteiger charge is -1.92. The molecule has 0 radical (unpaired) electrons. The number of nitrogens with zero attached hydrogens (tertiary/aromatic N) is 1. The smallest absolute Gasteiger partial charge is 0.284 e. The molecule has 13 heavy (non-hydrogen) atoms. The van der Waals surface area contributed by atoms with Gasteiger partial charge in [-0.3, -0.25) is 0 Å². The van der Waals surface area contributed by atoms with Crippen molar-refractivity contribution in [3.8, 4) is 5.75 Å². The summed E-state index contributed by atoms with van der Waals surface area (Å²) in [6.45, 7) is 0. The highest BCUT2D eigenvalue weighted by atomic mass is 19.3. The quantitative estimate of drug-likeness (QED) is 0.742. The summed E-state index contributed by atoms with van der Waals surface area (Å²) in [4.78, 5) is 0. The zero-order chi connectivity index (χ0) is 9.42. The predicted octanol–water partition coefficient (Wildman–Crippen LogP) is 2.47. The predicted molar refractivity (Wildman–Crippen MR) is 40.6 cm³/mol. The van der Waals surface area contributed by atoms with E-state index in [2.05, 4.69) is 9.68 Å². The van der Waals surface area contributed by atoms with Crippen molar-refractivity contribution in [3.63, 3.8) is 0 Å². The number of fused-ring (bicyclic) bond motifs is 1. The van der Waals surface area contributed by atoms with Crippen molar-refractivity contribution in [2.45, 2.75) is 6.43 Å². The minimum atomic E-state index is -2.69. The Balaban J connectivity index is 2.75. The van der Waals surface area contributed by atoms with Gasteiger partial charge in [0.2, 0.25) is 5.58 Å². The zero-order valence-corrected chi connectivity index (χ0v) is 6.37. The standard InChI is InChI=1S/C8H5F2NO2/c9-8(10)6-4-2-1-3-5(12)7(4)13-11-6/h1-3,8,12H. The topological polar surface area (TPSA) is 46.3 Å². The Morgan fingerprint density at radius 3 is 2.85 bits per heavy atom. The van der Waals surface area contributed by atoms with Gasteiger partial charge >= 0.3 is 0 Å². The van der Waals surface area contributed by atoms with Crippen LogP contribution in [0.2, 0.25) is 0 Å². The first kappa shape index (κ1) is 7.97. The van der Waals surface area contributed by atoms with Crippen molar-refractivity contribution in [1.82, 2.24) is 5.16 Å². The normalized spacial score (nSPS) is 11.3. The van der Waals surface area contributed by atoms with Gasteiger partial charge in [-0.2, -0.15) is 0 Å². The van der Waals surface area contributed by atoms with Crippen LogP contribution in [0.3, 0.4) is 0 Å². The van der Waals surface area contributed by atoms with Gasteiger partial charge < -0.3 is 9.63 Å². The molecule has 0 fully saturated rings. The first-order valence-electron chi connectivity index (χ1n) is 3.55. The Labute approximate surface area is 71.6 Å². The minimum absolute atomic E-state index is 0.00204. The minimum Gasteiger partial charge on any atom is -0.504 e. The van der Waals surface area contributed by atoms with Gasteiger partial charge in [0, 0.05) is 0 Å². The second-order valence-electron chi connectivity index (χ2n) is 2.52. The van der Waals surface area contributed by atoms with Gasteiger partial charge in [0.1, 0.15) is 0 Å². The van der Waals surface area contributed by atoms with Gasteiger partial charge in [0.15, 0.2) is 11.4 Å². The lowest BCUT2D eigenvalue weighted by atomic mass is 10.2. The molecule has 2 rings (SSSR count). The van der Waals surface area contributed by atoms with Gasteiger partial charge in [-0.15, -0.1) is 0 Å². The van der Waals surface area contributed by atoms with Gasteiger partial charge in [-0.05, 0) is 12.1 Å². The van der Waals surface area contributed by atoms with E-state index >= 15 is 0 Å². The average Bonchev–Trinajstić information content (AvgIpc) is 2.48. The summed E-state index contributed by atoms with van der Waals surface area (Å²) in [7, 11) is 0. The molecular weight excluding hydrogens is 180 g/mol. The Bertz CT molecular complexity index is 439. The summed E-state index contributed by atoms with van der Waals surface area (Å²) in [5, 5.41) is 12.5. The molecule has 5 heteroatoms. The summed E-state index contributed by atoms with van der Waals surface area (Å²) in [5.41, 5.74) is -0.441. The first-order chi connectivity index (χ1) is 6.20. The molecule has 0 unspecified atom stereocenters. The van der Waals surface area contributed by atoms with E-state index in [-0.39, 0.29) is 16.7 Å². The van der Waals surface area contributed by atoms with Crippen LogP contribution < -0.4 is 0 Å². The molecule has 0 saturated carbocycles. The van der Waals surface area contributed by atoms with Crippen molar-refractivity contribution < 1.29 is 18.4 Å². The molecule has 0 aliphatic rings. The molecule has 0 atom stereocenters. The molecule has 1 heterocycles. The number of hydrogen-bond acceptors (Lipinski definition) is 3. The van der Waals surface area contributed by atoms with Crippen molar-refractivity contribution in [3.05, 3.63) is 23.9 Å². The van der Waals surface area contributed by atoms with E-state index in [4.69, 9.17) is 0 Å². The van der Waals surface area contributed by atoms with E-state index < -0.39 is 12.1 Å². The molecule has 0 saturated heterocycles. The third-order valence-electron chi connectivity index (χ3n) is 1.71. The Hall–Kier alpha value is -1.65. The van der Waals surface area contributed by atoms with Crippen molar-refractivity contribution in [2.24, 2.45) is 0 Å². The maximum Gasteiger partial charge on any atom is 0.284 e. The number of rotatable bonds is 1. The van der Waals surface area contributed by atoms with Crippen LogP contribution in [0.4, 0.5) is 8.78 Å². The monoisotopic (exact) mass is 185 g/mol. The van der Waals surface area contributed by atoms with E-state index in [0.29, 0.717) is 0 Å². The average molecular weight is 185 g/mol. The lowest BCUT2D eigenvalue weighted by molar-refractivity contribution is 0.142. The zero-order valence-electron chi connectivity index (χ0n) is 6.37. The van der Waals surface area contributed by atoms with Crippen LogP contribution in [0.25, 0.3) is 11.0 Å². The number of alkyl halides is 2. The lowest BCUT2D eigenvalue weighted by Crippen LogP contribution is -1.82. The van der Waals surface area contributed by atoms with Crippen LogP contribution in [0.1, 0.15) is 12.1 Å². The Morgan fingerprint density at radius 1 is 1.38 bits per heavy atom. The van der Waals surface area contributed by atoms with Crippen LogP contribution in [0, 0.1) is 0 Å². The summed E-state index contributed by atoms with van der Waals surface area (Å²) < 4.78 is 29.1. The number of halogens is 2. The maximum atomic E-state index is 12.3. The van der Waals surface area contributed by atoms with E-state index in [1.165, 1.54) is 18.2 Å². The highest BCUT2D eigenvalue weighted by molar-refractivity contribution is 5.84. The van der Waals surface area contributed by atoms with E-state index in [0.717, 1.165) is 0 Å². The van der Waals surface area contributed by atoms with Gasteiger partial charge in [-0.1, -0.05) is 11.2 Å². The van der Waals surface area contributed by atoms with Gasteiger partial charge in [0.25, 0.3) is 6.43 Å². The van der Waals surface area contributed by atoms with Gasteiger partial charge in [0.05, 0.1) is 5.39 Å². The molecule has 68 valence electrons. The van der Waals surface area contributed by atoms with Crippen LogP contribution in [0.15, 0.2) is 22.7 Å². The molecule has 0 spiro atoms. The van der Waals surface area contributed by atoms with Crippen molar-refractivity contribution in [1.29, 1.82) is 0 Å². The van der Waals surface area contributed by atoms with Crippen LogP contribution in [-0.4, -0.2) is 10.3 Å². The number of aromatic nitrogens is 1. The fraction of sp³-hybridized carbons (Fsp3) is 0.125. The second kappa shape index (κ2) is 2.69. The molecular formula is C8H5F2NO2. The Morgan fingerprint density at radius 2 is 2.15 bits per heavy atom. The SMILES string of the molecule is Oc1cccc2c(C(F)F)noc12. The molecule has 0 aliphatic heterocycles. The Kier molecular flexibility index (Phi) is 1.65. The summed E-state index contributed by atoms with van der Waals surface area (Å²) in [6, 6.07) is 4.23. The van der Waals surface area contributed by atoms with Crippen LogP contribution in [0.5, 0.6) is 5.75 Å². The van der Waals surface area contributed by atoms with Gasteiger partial charge in [-0.25, -0.2) is 8.78 Å². The molecule has 0 amide bonds. The number of para-hydroxylation sites is 1. The molecule has 0 bridgehead atoms.